The molecular weight excluding hydrogens is 336 g/mol. The molecule has 1 fully saturated rings. The predicted octanol–water partition coefficient (Wildman–Crippen LogP) is 2.81. The lowest BCUT2D eigenvalue weighted by atomic mass is 10.2. The average molecular weight is 360 g/mol. The van der Waals surface area contributed by atoms with Crippen LogP contribution in [-0.4, -0.2) is 29.7 Å². The van der Waals surface area contributed by atoms with E-state index < -0.39 is 10.8 Å². The van der Waals surface area contributed by atoms with Crippen LogP contribution < -0.4 is 20.5 Å². The predicted molar refractivity (Wildman–Crippen MR) is 99.7 cm³/mol. The zero-order valence-corrected chi connectivity index (χ0v) is 15.2. The first-order valence-electron chi connectivity index (χ1n) is 8.48. The highest BCUT2D eigenvalue weighted by Gasteiger charge is 2.23. The molecule has 0 radical (unpaired) electrons. The smallest absolute Gasteiger partial charge is 0.169 e. The number of ether oxygens (including phenoxy) is 2. The molecule has 0 aliphatic carbocycles. The molecule has 0 aromatic heterocycles. The van der Waals surface area contributed by atoms with Crippen LogP contribution in [0, 0.1) is 0 Å². The summed E-state index contributed by atoms with van der Waals surface area (Å²) in [4.78, 5) is 0.821. The van der Waals surface area contributed by atoms with Gasteiger partial charge in [-0.3, -0.25) is 4.21 Å². The van der Waals surface area contributed by atoms with E-state index in [0.29, 0.717) is 23.8 Å². The Morgan fingerprint density at radius 1 is 1.16 bits per heavy atom. The molecule has 1 unspecified atom stereocenters. The number of nitrogens with two attached hydrogens (primary N) is 1. The molecule has 1 saturated heterocycles. The van der Waals surface area contributed by atoms with E-state index in [1.54, 1.807) is 7.11 Å². The summed E-state index contributed by atoms with van der Waals surface area (Å²) in [5, 5.41) is 3.49. The summed E-state index contributed by atoms with van der Waals surface area (Å²) >= 11 is 0. The highest BCUT2D eigenvalue weighted by atomic mass is 32.2. The summed E-state index contributed by atoms with van der Waals surface area (Å²) in [7, 11) is 0.568. The van der Waals surface area contributed by atoms with Crippen LogP contribution in [0.4, 0.5) is 0 Å². The summed E-state index contributed by atoms with van der Waals surface area (Å²) in [6, 6.07) is 13.1. The number of piperidine rings is 1. The average Bonchev–Trinajstić information content (AvgIpc) is 2.68. The van der Waals surface area contributed by atoms with Gasteiger partial charge in [0, 0.05) is 16.7 Å². The van der Waals surface area contributed by atoms with Gasteiger partial charge in [-0.25, -0.2) is 0 Å². The van der Waals surface area contributed by atoms with E-state index in [4.69, 9.17) is 15.2 Å². The number of benzene rings is 2. The van der Waals surface area contributed by atoms with E-state index in [-0.39, 0.29) is 5.25 Å². The molecule has 0 bridgehead atoms. The van der Waals surface area contributed by atoms with Gasteiger partial charge in [0.25, 0.3) is 0 Å². The fraction of sp³-hybridized carbons (Fsp3) is 0.368. The molecule has 1 atom stereocenters. The van der Waals surface area contributed by atoms with Crippen molar-refractivity contribution in [3.05, 3.63) is 48.0 Å². The van der Waals surface area contributed by atoms with Gasteiger partial charge in [0.15, 0.2) is 11.5 Å². The van der Waals surface area contributed by atoms with E-state index in [9.17, 15) is 4.21 Å². The number of para-hydroxylation sites is 2. The van der Waals surface area contributed by atoms with Gasteiger partial charge in [-0.15, -0.1) is 0 Å². The maximum atomic E-state index is 12.9. The normalized spacial score (nSPS) is 16.4. The lowest BCUT2D eigenvalue weighted by molar-refractivity contribution is 0.378. The van der Waals surface area contributed by atoms with Gasteiger partial charge >= 0.3 is 0 Å². The lowest BCUT2D eigenvalue weighted by Crippen LogP contribution is -2.33. The van der Waals surface area contributed by atoms with Gasteiger partial charge in [0.2, 0.25) is 0 Å². The largest absolute Gasteiger partial charge is 0.493 e. The fourth-order valence-electron chi connectivity index (χ4n) is 2.99. The molecule has 3 N–H and O–H groups in total. The maximum Gasteiger partial charge on any atom is 0.169 e. The molecule has 2 aromatic carbocycles. The summed E-state index contributed by atoms with van der Waals surface area (Å²) < 4.78 is 24.2. The Balaban J connectivity index is 1.83. The van der Waals surface area contributed by atoms with E-state index in [1.807, 2.05) is 42.5 Å². The molecule has 1 aliphatic heterocycles. The quantitative estimate of drug-likeness (QED) is 0.829. The van der Waals surface area contributed by atoms with Gasteiger partial charge in [-0.05, 0) is 61.8 Å². The lowest BCUT2D eigenvalue weighted by Gasteiger charge is -2.23. The van der Waals surface area contributed by atoms with Crippen molar-refractivity contribution in [2.24, 2.45) is 5.73 Å². The van der Waals surface area contributed by atoms with Crippen molar-refractivity contribution in [3.8, 4) is 17.2 Å². The molecule has 5 nitrogen and oxygen atoms in total. The van der Waals surface area contributed by atoms with E-state index in [1.165, 1.54) is 0 Å². The minimum absolute atomic E-state index is 0.188. The summed E-state index contributed by atoms with van der Waals surface area (Å²) in [6.45, 7) is 2.17. The molecule has 25 heavy (non-hydrogen) atoms. The summed E-state index contributed by atoms with van der Waals surface area (Å²) in [6.07, 6.45) is 1.85. The van der Waals surface area contributed by atoms with Gasteiger partial charge in [-0.1, -0.05) is 12.1 Å². The van der Waals surface area contributed by atoms with Crippen LogP contribution in [0.5, 0.6) is 17.2 Å². The Morgan fingerprint density at radius 3 is 2.56 bits per heavy atom. The molecule has 0 saturated carbocycles. The molecule has 6 heteroatoms. The third kappa shape index (κ3) is 4.21. The van der Waals surface area contributed by atoms with E-state index >= 15 is 0 Å². The maximum absolute atomic E-state index is 12.9. The second-order valence-electron chi connectivity index (χ2n) is 5.97. The van der Waals surface area contributed by atoms with Crippen molar-refractivity contribution in [2.75, 3.05) is 20.2 Å². The van der Waals surface area contributed by atoms with E-state index in [2.05, 4.69) is 5.32 Å². The molecule has 0 spiro atoms. The van der Waals surface area contributed by atoms with E-state index in [0.717, 1.165) is 36.4 Å². The van der Waals surface area contributed by atoms with Crippen LogP contribution in [0.3, 0.4) is 0 Å². The van der Waals surface area contributed by atoms with Crippen LogP contribution in [0.25, 0.3) is 0 Å². The Bertz CT molecular complexity index is 745. The molecular formula is C19H24N2O3S. The summed E-state index contributed by atoms with van der Waals surface area (Å²) in [5.74, 6) is 1.97. The monoisotopic (exact) mass is 360 g/mol. The number of hydrogen-bond donors (Lipinski definition) is 2. The SMILES string of the molecule is COc1ccccc1Oc1ccc(S(=O)C2CCNCC2)c(CN)c1. The Kier molecular flexibility index (Phi) is 6.07. The van der Waals surface area contributed by atoms with Crippen molar-refractivity contribution in [1.82, 2.24) is 5.32 Å². The second kappa shape index (κ2) is 8.47. The van der Waals surface area contributed by atoms with Crippen LogP contribution >= 0.6 is 0 Å². The number of rotatable bonds is 6. The zero-order valence-electron chi connectivity index (χ0n) is 14.4. The minimum atomic E-state index is -1.04. The molecule has 1 aliphatic rings. The standard InChI is InChI=1S/C19H24N2O3S/c1-23-17-4-2-3-5-18(17)24-15-6-7-19(14(12-15)13-20)25(22)16-8-10-21-11-9-16/h2-7,12,16,21H,8-11,13,20H2,1H3. The number of hydrogen-bond acceptors (Lipinski definition) is 5. The first-order chi connectivity index (χ1) is 12.2. The molecule has 1 heterocycles. The van der Waals surface area contributed by atoms with Crippen LogP contribution in [-0.2, 0) is 17.3 Å². The van der Waals surface area contributed by atoms with Crippen molar-refractivity contribution < 1.29 is 13.7 Å². The fourth-order valence-corrected chi connectivity index (χ4v) is 4.62. The highest BCUT2D eigenvalue weighted by Crippen LogP contribution is 2.33. The van der Waals surface area contributed by atoms with Crippen molar-refractivity contribution in [3.63, 3.8) is 0 Å². The van der Waals surface area contributed by atoms with Crippen LogP contribution in [0.1, 0.15) is 18.4 Å². The van der Waals surface area contributed by atoms with Crippen LogP contribution in [0.2, 0.25) is 0 Å². The zero-order chi connectivity index (χ0) is 17.6. The third-order valence-electron chi connectivity index (χ3n) is 4.35. The topological polar surface area (TPSA) is 73.6 Å². The third-order valence-corrected chi connectivity index (χ3v) is 6.26. The Morgan fingerprint density at radius 2 is 1.88 bits per heavy atom. The van der Waals surface area contributed by atoms with Crippen molar-refractivity contribution >= 4 is 10.8 Å². The van der Waals surface area contributed by atoms with Gasteiger partial charge < -0.3 is 20.5 Å². The van der Waals surface area contributed by atoms with Crippen LogP contribution in [0.15, 0.2) is 47.4 Å². The Hall–Kier alpha value is -1.89. The minimum Gasteiger partial charge on any atom is -0.493 e. The summed E-state index contributed by atoms with van der Waals surface area (Å²) in [5.41, 5.74) is 6.77. The first kappa shape index (κ1) is 17.9. The van der Waals surface area contributed by atoms with Gasteiger partial charge in [0.05, 0.1) is 17.9 Å². The Labute approximate surface area is 151 Å². The molecule has 3 rings (SSSR count). The second-order valence-corrected chi connectivity index (χ2v) is 7.67. The van der Waals surface area contributed by atoms with Gasteiger partial charge in [-0.2, -0.15) is 0 Å². The first-order valence-corrected chi connectivity index (χ1v) is 9.69. The highest BCUT2D eigenvalue weighted by molar-refractivity contribution is 7.85. The van der Waals surface area contributed by atoms with Gasteiger partial charge in [0.1, 0.15) is 5.75 Å². The molecule has 0 amide bonds. The van der Waals surface area contributed by atoms with Crippen molar-refractivity contribution in [1.29, 1.82) is 0 Å². The van der Waals surface area contributed by atoms with Crippen molar-refractivity contribution in [2.45, 2.75) is 29.5 Å². The molecule has 134 valence electrons. The number of nitrogens with one attached hydrogen (secondary N) is 1. The number of methoxy groups -OCH3 is 1. The molecule has 2 aromatic rings.